The third-order valence-electron chi connectivity index (χ3n) is 1.95. The lowest BCUT2D eigenvalue weighted by Crippen LogP contribution is -1.97. The number of hydrogen-bond donors (Lipinski definition) is 2. The molecule has 1 heterocycles. The van der Waals surface area contributed by atoms with Crippen LogP contribution in [0.15, 0.2) is 11.2 Å². The molecule has 0 fully saturated rings. The van der Waals surface area contributed by atoms with E-state index in [4.69, 9.17) is 5.73 Å². The molecular formula is C12H22N4S. The third kappa shape index (κ3) is 4.56. The Hall–Kier alpha value is -1.36. The number of nitrogens with zero attached hydrogens (tertiary/aromatic N) is 2. The number of nitrogens with two attached hydrogens (primary N) is 1. The van der Waals surface area contributed by atoms with Crippen LogP contribution in [0.25, 0.3) is 5.57 Å². The highest BCUT2D eigenvalue weighted by molar-refractivity contribution is 7.15. The quantitative estimate of drug-likeness (QED) is 0.641. The molecule has 0 radical (unpaired) electrons. The normalized spacial score (nSPS) is 11.2. The summed E-state index contributed by atoms with van der Waals surface area (Å²) in [5.41, 5.74) is 10.4. The SMILES string of the molecule is C/C=C(\C=N/NC)c1nc(N)sc1CC.CC. The highest BCUT2D eigenvalue weighted by Gasteiger charge is 2.10. The van der Waals surface area contributed by atoms with Crippen LogP contribution in [0, 0.1) is 0 Å². The van der Waals surface area contributed by atoms with Crippen LogP contribution in [0.2, 0.25) is 0 Å². The molecule has 0 unspecified atom stereocenters. The summed E-state index contributed by atoms with van der Waals surface area (Å²) in [4.78, 5) is 5.51. The number of hydrazone groups is 1. The summed E-state index contributed by atoms with van der Waals surface area (Å²) < 4.78 is 0. The zero-order valence-corrected chi connectivity index (χ0v) is 12.1. The van der Waals surface area contributed by atoms with Crippen LogP contribution < -0.4 is 11.2 Å². The van der Waals surface area contributed by atoms with Gasteiger partial charge in [-0.25, -0.2) is 4.98 Å². The van der Waals surface area contributed by atoms with E-state index in [1.54, 1.807) is 13.3 Å². The minimum atomic E-state index is 0.610. The molecule has 0 atom stereocenters. The molecule has 1 aromatic heterocycles. The number of nitrogen functional groups attached to an aromatic ring is 1. The van der Waals surface area contributed by atoms with Crippen molar-refractivity contribution in [3.63, 3.8) is 0 Å². The Balaban J connectivity index is 0.00000121. The predicted octanol–water partition coefficient (Wildman–Crippen LogP) is 2.92. The first kappa shape index (κ1) is 15.6. The molecule has 0 saturated heterocycles. The van der Waals surface area contributed by atoms with Gasteiger partial charge in [-0.2, -0.15) is 5.10 Å². The summed E-state index contributed by atoms with van der Waals surface area (Å²) in [5.74, 6) is 0. The summed E-state index contributed by atoms with van der Waals surface area (Å²) in [6, 6.07) is 0. The standard InChI is InChI=1S/C10H16N4S.C2H6/c1-4-7(6-13-12-3)9-8(5-2)15-10(11)14-9;1-2/h4,6,12H,5H2,1-3H3,(H2,11,14);1-2H3/b7-4+,13-6-;. The average molecular weight is 254 g/mol. The summed E-state index contributed by atoms with van der Waals surface area (Å²) >= 11 is 1.54. The maximum atomic E-state index is 5.70. The van der Waals surface area contributed by atoms with Crippen molar-refractivity contribution in [3.05, 3.63) is 16.6 Å². The minimum absolute atomic E-state index is 0.610. The van der Waals surface area contributed by atoms with Crippen molar-refractivity contribution in [2.45, 2.75) is 34.1 Å². The number of aryl methyl sites for hydroxylation is 1. The highest BCUT2D eigenvalue weighted by atomic mass is 32.1. The molecule has 0 saturated carbocycles. The monoisotopic (exact) mass is 254 g/mol. The van der Waals surface area contributed by atoms with Gasteiger partial charge in [0.05, 0.1) is 11.9 Å². The van der Waals surface area contributed by atoms with E-state index in [0.29, 0.717) is 5.13 Å². The van der Waals surface area contributed by atoms with E-state index in [0.717, 1.165) is 17.7 Å². The second-order valence-corrected chi connectivity index (χ2v) is 4.02. The Morgan fingerprint density at radius 2 is 2.18 bits per heavy atom. The number of rotatable bonds is 4. The second kappa shape index (κ2) is 8.75. The smallest absolute Gasteiger partial charge is 0.180 e. The van der Waals surface area contributed by atoms with Crippen molar-refractivity contribution in [3.8, 4) is 0 Å². The number of nitrogens with one attached hydrogen (secondary N) is 1. The van der Waals surface area contributed by atoms with Crippen molar-refractivity contribution >= 4 is 28.3 Å². The van der Waals surface area contributed by atoms with Gasteiger partial charge in [0.25, 0.3) is 0 Å². The van der Waals surface area contributed by atoms with Gasteiger partial charge in [-0.3, -0.25) is 0 Å². The van der Waals surface area contributed by atoms with E-state index >= 15 is 0 Å². The molecule has 0 aromatic carbocycles. The van der Waals surface area contributed by atoms with Crippen LogP contribution in [0.5, 0.6) is 0 Å². The van der Waals surface area contributed by atoms with Crippen molar-refractivity contribution in [2.24, 2.45) is 5.10 Å². The van der Waals surface area contributed by atoms with Crippen LogP contribution in [0.1, 0.15) is 38.3 Å². The molecule has 17 heavy (non-hydrogen) atoms. The molecule has 0 bridgehead atoms. The van der Waals surface area contributed by atoms with Gasteiger partial charge in [0, 0.05) is 17.5 Å². The molecule has 1 aromatic rings. The van der Waals surface area contributed by atoms with Crippen LogP contribution in [0.3, 0.4) is 0 Å². The number of aromatic nitrogens is 1. The van der Waals surface area contributed by atoms with Gasteiger partial charge < -0.3 is 11.2 Å². The first-order chi connectivity index (χ1) is 8.22. The summed E-state index contributed by atoms with van der Waals surface area (Å²) in [5, 5.41) is 4.59. The Bertz CT molecular complexity index is 380. The molecule has 0 amide bonds. The van der Waals surface area contributed by atoms with Gasteiger partial charge >= 0.3 is 0 Å². The van der Waals surface area contributed by atoms with Crippen LogP contribution >= 0.6 is 11.3 Å². The van der Waals surface area contributed by atoms with E-state index in [1.807, 2.05) is 26.8 Å². The molecule has 0 aliphatic heterocycles. The zero-order valence-electron chi connectivity index (χ0n) is 11.2. The number of thiazole rings is 1. The number of allylic oxidation sites excluding steroid dienone is 2. The topological polar surface area (TPSA) is 63.3 Å². The van der Waals surface area contributed by atoms with E-state index in [-0.39, 0.29) is 0 Å². The maximum absolute atomic E-state index is 5.70. The maximum Gasteiger partial charge on any atom is 0.180 e. The Kier molecular flexibility index (Phi) is 8.05. The van der Waals surface area contributed by atoms with Crippen molar-refractivity contribution in [2.75, 3.05) is 12.8 Å². The van der Waals surface area contributed by atoms with Crippen molar-refractivity contribution < 1.29 is 0 Å². The Morgan fingerprint density at radius 3 is 2.65 bits per heavy atom. The Labute approximate surface area is 108 Å². The third-order valence-corrected chi connectivity index (χ3v) is 2.98. The second-order valence-electron chi connectivity index (χ2n) is 2.90. The van der Waals surface area contributed by atoms with Crippen LogP contribution in [-0.2, 0) is 6.42 Å². The van der Waals surface area contributed by atoms with Gasteiger partial charge in [-0.15, -0.1) is 11.3 Å². The van der Waals surface area contributed by atoms with E-state index in [1.165, 1.54) is 16.2 Å². The van der Waals surface area contributed by atoms with Crippen molar-refractivity contribution in [1.82, 2.24) is 10.4 Å². The lowest BCUT2D eigenvalue weighted by Gasteiger charge is -1.99. The summed E-state index contributed by atoms with van der Waals surface area (Å²) in [6.45, 7) is 8.06. The molecule has 1 rings (SSSR count). The van der Waals surface area contributed by atoms with Crippen LogP contribution in [0.4, 0.5) is 5.13 Å². The molecule has 96 valence electrons. The highest BCUT2D eigenvalue weighted by Crippen LogP contribution is 2.25. The first-order valence-corrected chi connectivity index (χ1v) is 6.66. The number of anilines is 1. The van der Waals surface area contributed by atoms with Crippen LogP contribution in [-0.4, -0.2) is 18.2 Å². The lowest BCUT2D eigenvalue weighted by atomic mass is 10.1. The molecular weight excluding hydrogens is 232 g/mol. The van der Waals surface area contributed by atoms with Gasteiger partial charge in [0.15, 0.2) is 5.13 Å². The molecule has 0 spiro atoms. The molecule has 0 aliphatic carbocycles. The van der Waals surface area contributed by atoms with Crippen molar-refractivity contribution in [1.29, 1.82) is 0 Å². The fourth-order valence-corrected chi connectivity index (χ4v) is 2.04. The summed E-state index contributed by atoms with van der Waals surface area (Å²) in [7, 11) is 1.76. The minimum Gasteiger partial charge on any atom is -0.375 e. The first-order valence-electron chi connectivity index (χ1n) is 5.84. The van der Waals surface area contributed by atoms with Gasteiger partial charge in [-0.05, 0) is 13.3 Å². The van der Waals surface area contributed by atoms with E-state index in [9.17, 15) is 0 Å². The molecule has 4 nitrogen and oxygen atoms in total. The fraction of sp³-hybridized carbons (Fsp3) is 0.500. The molecule has 5 heteroatoms. The average Bonchev–Trinajstić information content (AvgIpc) is 2.74. The predicted molar refractivity (Wildman–Crippen MR) is 78.5 cm³/mol. The van der Waals surface area contributed by atoms with Gasteiger partial charge in [0.1, 0.15) is 0 Å². The lowest BCUT2D eigenvalue weighted by molar-refractivity contribution is 0.909. The summed E-state index contributed by atoms with van der Waals surface area (Å²) in [6.07, 6.45) is 4.68. The van der Waals surface area contributed by atoms with E-state index in [2.05, 4.69) is 22.4 Å². The number of hydrogen-bond acceptors (Lipinski definition) is 5. The largest absolute Gasteiger partial charge is 0.375 e. The molecule has 0 aliphatic rings. The van der Waals surface area contributed by atoms with Gasteiger partial charge in [-0.1, -0.05) is 26.8 Å². The fourth-order valence-electron chi connectivity index (χ4n) is 1.24. The Morgan fingerprint density at radius 1 is 1.53 bits per heavy atom. The van der Waals surface area contributed by atoms with Gasteiger partial charge in [0.2, 0.25) is 0 Å². The molecule has 3 N–H and O–H groups in total. The zero-order chi connectivity index (χ0) is 13.3. The van der Waals surface area contributed by atoms with E-state index < -0.39 is 0 Å².